The Kier molecular flexibility index (Phi) is 7.54. The van der Waals surface area contributed by atoms with Crippen LogP contribution in [0.15, 0.2) is 12.3 Å². The van der Waals surface area contributed by atoms with Gasteiger partial charge in [-0.1, -0.05) is 25.7 Å². The fourth-order valence-electron chi connectivity index (χ4n) is 4.48. The lowest BCUT2D eigenvalue weighted by Crippen LogP contribution is -2.36. The molecule has 1 saturated heterocycles. The van der Waals surface area contributed by atoms with E-state index in [0.717, 1.165) is 31.4 Å². The first-order valence-electron chi connectivity index (χ1n) is 11.4. The summed E-state index contributed by atoms with van der Waals surface area (Å²) in [6, 6.07) is 2.14. The average Bonchev–Trinajstić information content (AvgIpc) is 3.47. The van der Waals surface area contributed by atoms with Crippen LogP contribution >= 0.6 is 7.60 Å². The first-order valence-corrected chi connectivity index (χ1v) is 15.0. The normalized spacial score (nSPS) is 25.6. The number of sulfone groups is 1. The number of aliphatic hydroxyl groups is 2. The summed E-state index contributed by atoms with van der Waals surface area (Å²) >= 11 is 0. The summed E-state index contributed by atoms with van der Waals surface area (Å²) in [5.41, 5.74) is 0.219. The van der Waals surface area contributed by atoms with Crippen molar-refractivity contribution < 1.29 is 37.7 Å². The van der Waals surface area contributed by atoms with Gasteiger partial charge in [0, 0.05) is 18.2 Å². The summed E-state index contributed by atoms with van der Waals surface area (Å²) in [7, 11) is -9.13. The second-order valence-electron chi connectivity index (χ2n) is 8.91. The molecular formula is C21H29N4O8PS. The number of ether oxygens (including phenoxy) is 1. The van der Waals surface area contributed by atoms with Crippen LogP contribution in [-0.4, -0.2) is 78.8 Å². The van der Waals surface area contributed by atoms with E-state index in [9.17, 15) is 23.2 Å². The van der Waals surface area contributed by atoms with E-state index in [-0.39, 0.29) is 0 Å². The Morgan fingerprint density at radius 3 is 2.63 bits per heavy atom. The van der Waals surface area contributed by atoms with Crippen molar-refractivity contribution in [2.75, 3.05) is 16.6 Å². The van der Waals surface area contributed by atoms with Gasteiger partial charge in [0.25, 0.3) is 0 Å². The van der Waals surface area contributed by atoms with Gasteiger partial charge in [-0.25, -0.2) is 18.1 Å². The molecule has 3 heterocycles. The number of hydrogen-bond donors (Lipinski definition) is 5. The fraction of sp³-hybridized carbons (Fsp3) is 0.619. The van der Waals surface area contributed by atoms with Crippen molar-refractivity contribution in [2.24, 2.45) is 0 Å². The van der Waals surface area contributed by atoms with Crippen molar-refractivity contribution in [3.05, 3.63) is 18.0 Å². The summed E-state index contributed by atoms with van der Waals surface area (Å²) in [6.07, 6.45) is 0.688. The van der Waals surface area contributed by atoms with Crippen molar-refractivity contribution >= 4 is 34.2 Å². The molecular weight excluding hydrogens is 499 g/mol. The molecule has 12 nitrogen and oxygen atoms in total. The van der Waals surface area contributed by atoms with E-state index in [2.05, 4.69) is 27.2 Å². The van der Waals surface area contributed by atoms with Gasteiger partial charge < -0.3 is 30.1 Å². The molecule has 192 valence electrons. The Hall–Kier alpha value is -2.04. The van der Waals surface area contributed by atoms with Crippen LogP contribution in [0.25, 0.3) is 11.0 Å². The standard InChI is InChI=1S/C21H29N4O8PS/c1-2-3-6-14-9-16(23-13-7-4-5-8-13)15-10-22-25(20(15)24-14)21-19(27)18(26)17(33-21)11-35(31,32)12-34(28,29)30/h9-10,13,17-19,21,26-27H,2,4-5,7-8,11-12H2,1H3,(H,23,24)(H2,28,29,30)/t17-,18-,19-,21-/m1/s1. The maximum absolute atomic E-state index is 12.2. The molecule has 2 fully saturated rings. The van der Waals surface area contributed by atoms with Crippen LogP contribution in [0, 0.1) is 11.8 Å². The van der Waals surface area contributed by atoms with E-state index < -0.39 is 53.2 Å². The highest BCUT2D eigenvalue weighted by Crippen LogP contribution is 2.38. The molecule has 0 amide bonds. The summed E-state index contributed by atoms with van der Waals surface area (Å²) in [4.78, 5) is 22.6. The second-order valence-corrected chi connectivity index (χ2v) is 13.1. The third-order valence-corrected chi connectivity index (χ3v) is 9.79. The molecule has 2 aromatic rings. The zero-order valence-corrected chi connectivity index (χ0v) is 20.8. The van der Waals surface area contributed by atoms with Crippen molar-refractivity contribution in [1.82, 2.24) is 14.8 Å². The van der Waals surface area contributed by atoms with Gasteiger partial charge in [0.1, 0.15) is 24.0 Å². The first kappa shape index (κ1) is 26.0. The van der Waals surface area contributed by atoms with Gasteiger partial charge in [-0.2, -0.15) is 5.10 Å². The van der Waals surface area contributed by atoms with Gasteiger partial charge in [-0.05, 0) is 24.8 Å². The van der Waals surface area contributed by atoms with Crippen LogP contribution in [0.4, 0.5) is 5.69 Å². The maximum atomic E-state index is 12.2. The van der Waals surface area contributed by atoms with Crippen LogP contribution in [0.2, 0.25) is 0 Å². The number of aliphatic hydroxyl groups excluding tert-OH is 2. The number of pyridine rings is 1. The predicted octanol–water partition coefficient (Wildman–Crippen LogP) is 0.716. The predicted molar refractivity (Wildman–Crippen MR) is 127 cm³/mol. The van der Waals surface area contributed by atoms with Gasteiger partial charge in [-0.15, -0.1) is 0 Å². The lowest BCUT2D eigenvalue weighted by Gasteiger charge is -2.17. The highest BCUT2D eigenvalue weighted by molar-refractivity contribution is 7.97. The Balaban J connectivity index is 1.66. The van der Waals surface area contributed by atoms with Crippen LogP contribution in [0.3, 0.4) is 0 Å². The van der Waals surface area contributed by atoms with Crippen molar-refractivity contribution in [2.45, 2.75) is 69.6 Å². The lowest BCUT2D eigenvalue weighted by molar-refractivity contribution is -0.0364. The highest BCUT2D eigenvalue weighted by atomic mass is 32.2. The van der Waals surface area contributed by atoms with E-state index in [1.165, 1.54) is 4.68 Å². The minimum absolute atomic E-state index is 0.301. The number of nitrogens with zero attached hydrogens (tertiary/aromatic N) is 3. The molecule has 1 saturated carbocycles. The third-order valence-electron chi connectivity index (χ3n) is 6.04. The molecule has 0 radical (unpaired) electrons. The largest absolute Gasteiger partial charge is 0.387 e. The highest BCUT2D eigenvalue weighted by Gasteiger charge is 2.47. The van der Waals surface area contributed by atoms with Crippen molar-refractivity contribution in [3.63, 3.8) is 0 Å². The zero-order valence-electron chi connectivity index (χ0n) is 19.1. The average molecular weight is 529 g/mol. The maximum Gasteiger partial charge on any atom is 0.340 e. The number of anilines is 1. The van der Waals surface area contributed by atoms with Gasteiger partial charge in [0.05, 0.1) is 17.3 Å². The molecule has 1 aliphatic carbocycles. The summed E-state index contributed by atoms with van der Waals surface area (Å²) < 4.78 is 42.5. The topological polar surface area (TPSA) is 184 Å². The summed E-state index contributed by atoms with van der Waals surface area (Å²) in [5, 5.41) is 29.6. The second kappa shape index (κ2) is 10.1. The molecule has 35 heavy (non-hydrogen) atoms. The molecule has 1 aliphatic heterocycles. The smallest absolute Gasteiger partial charge is 0.340 e. The SMILES string of the molecule is CCC#Cc1cc(NC2CCCC2)c2cnn([C@@H]3O[C@H](CS(=O)(=O)CP(=O)(O)O)[C@@H](O)[C@H]3O)c2n1. The van der Waals surface area contributed by atoms with Crippen LogP contribution in [0.5, 0.6) is 0 Å². The molecule has 0 aromatic carbocycles. The van der Waals surface area contributed by atoms with Crippen molar-refractivity contribution in [1.29, 1.82) is 0 Å². The molecule has 4 rings (SSSR count). The minimum Gasteiger partial charge on any atom is -0.387 e. The lowest BCUT2D eigenvalue weighted by atomic mass is 10.1. The van der Waals surface area contributed by atoms with Crippen LogP contribution in [-0.2, 0) is 19.1 Å². The first-order chi connectivity index (χ1) is 16.5. The Morgan fingerprint density at radius 2 is 1.97 bits per heavy atom. The Morgan fingerprint density at radius 1 is 1.26 bits per heavy atom. The van der Waals surface area contributed by atoms with E-state index in [1.807, 2.05) is 13.0 Å². The number of rotatable bonds is 7. The van der Waals surface area contributed by atoms with E-state index >= 15 is 0 Å². The molecule has 4 atom stereocenters. The van der Waals surface area contributed by atoms with E-state index in [1.54, 1.807) is 6.20 Å². The number of aromatic nitrogens is 3. The molecule has 2 aliphatic rings. The quantitative estimate of drug-likeness (QED) is 0.252. The monoisotopic (exact) mass is 528 g/mol. The molecule has 0 unspecified atom stereocenters. The van der Waals surface area contributed by atoms with Gasteiger partial charge >= 0.3 is 7.60 Å². The summed E-state index contributed by atoms with van der Waals surface area (Å²) in [5.74, 6) is 5.10. The molecule has 14 heteroatoms. The number of nitrogens with one attached hydrogen (secondary N) is 1. The Bertz CT molecular complexity index is 1290. The molecule has 0 spiro atoms. The molecule has 5 N–H and O–H groups in total. The van der Waals surface area contributed by atoms with Crippen molar-refractivity contribution in [3.8, 4) is 11.8 Å². The van der Waals surface area contributed by atoms with Gasteiger partial charge in [0.2, 0.25) is 0 Å². The molecule has 2 aromatic heterocycles. The number of hydrogen-bond acceptors (Lipinski definition) is 9. The van der Waals surface area contributed by atoms with Crippen LogP contribution in [0.1, 0.15) is 50.9 Å². The van der Waals surface area contributed by atoms with E-state index in [4.69, 9.17) is 14.5 Å². The third kappa shape index (κ3) is 6.03. The minimum atomic E-state index is -4.84. The molecule has 0 bridgehead atoms. The summed E-state index contributed by atoms with van der Waals surface area (Å²) in [6.45, 7) is 1.91. The van der Waals surface area contributed by atoms with Crippen LogP contribution < -0.4 is 5.32 Å². The zero-order chi connectivity index (χ0) is 25.4. The fourth-order valence-corrected chi connectivity index (χ4v) is 7.73. The van der Waals surface area contributed by atoms with E-state index in [0.29, 0.717) is 29.2 Å². The van der Waals surface area contributed by atoms with Gasteiger partial charge in [-0.3, -0.25) is 4.57 Å². The Labute approximate surface area is 202 Å². The number of fused-ring (bicyclic) bond motifs is 1. The van der Waals surface area contributed by atoms with Gasteiger partial charge in [0.15, 0.2) is 27.2 Å².